The number of urea groups is 1. The minimum absolute atomic E-state index is 0.0405. The SMILES string of the molecule is CCc1nnc([C@H](C)N2CCCN(C(=O)Nc3cccc(Cl)c3)CC2)o1. The molecule has 0 radical (unpaired) electrons. The summed E-state index contributed by atoms with van der Waals surface area (Å²) in [7, 11) is 0. The van der Waals surface area contributed by atoms with E-state index in [1.807, 2.05) is 24.0 Å². The summed E-state index contributed by atoms with van der Waals surface area (Å²) < 4.78 is 5.68. The molecule has 140 valence electrons. The van der Waals surface area contributed by atoms with E-state index < -0.39 is 0 Å². The first-order chi connectivity index (χ1) is 12.6. The monoisotopic (exact) mass is 377 g/mol. The van der Waals surface area contributed by atoms with Crippen LogP contribution < -0.4 is 5.32 Å². The molecule has 0 aliphatic carbocycles. The number of hydrogen-bond donors (Lipinski definition) is 1. The number of anilines is 1. The molecule has 1 N–H and O–H groups in total. The van der Waals surface area contributed by atoms with E-state index in [9.17, 15) is 4.79 Å². The van der Waals surface area contributed by atoms with Crippen LogP contribution in [-0.2, 0) is 6.42 Å². The highest BCUT2D eigenvalue weighted by Crippen LogP contribution is 2.21. The number of halogens is 1. The third-order valence-electron chi connectivity index (χ3n) is 4.58. The number of carbonyl (C=O) groups is 1. The van der Waals surface area contributed by atoms with E-state index in [4.69, 9.17) is 16.0 Å². The molecule has 0 bridgehead atoms. The van der Waals surface area contributed by atoms with Crippen molar-refractivity contribution in [1.82, 2.24) is 20.0 Å². The number of aromatic nitrogens is 2. The smallest absolute Gasteiger partial charge is 0.321 e. The van der Waals surface area contributed by atoms with Crippen molar-refractivity contribution in [2.75, 3.05) is 31.5 Å². The van der Waals surface area contributed by atoms with Gasteiger partial charge in [0.25, 0.3) is 0 Å². The maximum Gasteiger partial charge on any atom is 0.321 e. The Morgan fingerprint density at radius 2 is 2.15 bits per heavy atom. The van der Waals surface area contributed by atoms with Crippen LogP contribution in [0.3, 0.4) is 0 Å². The van der Waals surface area contributed by atoms with Gasteiger partial charge in [-0.05, 0) is 31.5 Å². The average Bonchev–Trinajstić information content (AvgIpc) is 2.97. The van der Waals surface area contributed by atoms with Gasteiger partial charge < -0.3 is 14.6 Å². The van der Waals surface area contributed by atoms with Crippen LogP contribution in [0.25, 0.3) is 0 Å². The van der Waals surface area contributed by atoms with E-state index in [0.29, 0.717) is 35.6 Å². The van der Waals surface area contributed by atoms with Crippen LogP contribution >= 0.6 is 11.6 Å². The van der Waals surface area contributed by atoms with E-state index in [1.54, 1.807) is 12.1 Å². The Balaban J connectivity index is 1.58. The first kappa shape index (κ1) is 18.7. The van der Waals surface area contributed by atoms with Gasteiger partial charge in [-0.15, -0.1) is 10.2 Å². The Labute approximate surface area is 158 Å². The van der Waals surface area contributed by atoms with E-state index in [-0.39, 0.29) is 12.1 Å². The Bertz CT molecular complexity index is 751. The number of nitrogens with one attached hydrogen (secondary N) is 1. The Kier molecular flexibility index (Phi) is 6.11. The molecule has 1 aromatic carbocycles. The molecule has 3 rings (SSSR count). The van der Waals surface area contributed by atoms with Crippen LogP contribution in [0.2, 0.25) is 5.02 Å². The van der Waals surface area contributed by atoms with Gasteiger partial charge in [0.2, 0.25) is 11.8 Å². The fourth-order valence-corrected chi connectivity index (χ4v) is 3.22. The highest BCUT2D eigenvalue weighted by atomic mass is 35.5. The summed E-state index contributed by atoms with van der Waals surface area (Å²) in [6, 6.07) is 7.11. The normalized spacial score (nSPS) is 17.0. The molecule has 0 saturated carbocycles. The first-order valence-corrected chi connectivity index (χ1v) is 9.32. The maximum absolute atomic E-state index is 12.5. The zero-order chi connectivity index (χ0) is 18.5. The van der Waals surface area contributed by atoms with Gasteiger partial charge >= 0.3 is 6.03 Å². The van der Waals surface area contributed by atoms with Crippen LogP contribution in [-0.4, -0.2) is 52.2 Å². The van der Waals surface area contributed by atoms with Gasteiger partial charge in [0, 0.05) is 43.3 Å². The lowest BCUT2D eigenvalue weighted by Crippen LogP contribution is -2.38. The summed E-state index contributed by atoms with van der Waals surface area (Å²) in [6.07, 6.45) is 1.62. The van der Waals surface area contributed by atoms with Gasteiger partial charge in [-0.2, -0.15) is 0 Å². The Morgan fingerprint density at radius 1 is 1.31 bits per heavy atom. The number of benzene rings is 1. The zero-order valence-electron chi connectivity index (χ0n) is 15.1. The molecule has 2 aromatic rings. The van der Waals surface area contributed by atoms with Crippen LogP contribution in [0.5, 0.6) is 0 Å². The number of amides is 2. The van der Waals surface area contributed by atoms with Crippen molar-refractivity contribution in [2.24, 2.45) is 0 Å². The summed E-state index contributed by atoms with van der Waals surface area (Å²) in [5, 5.41) is 11.7. The van der Waals surface area contributed by atoms with E-state index in [2.05, 4.69) is 27.3 Å². The van der Waals surface area contributed by atoms with E-state index in [0.717, 1.165) is 25.9 Å². The molecule has 2 amide bonds. The molecule has 7 nitrogen and oxygen atoms in total. The standard InChI is InChI=1S/C18H24ClN5O2/c1-3-16-21-22-17(26-16)13(2)23-8-5-9-24(11-10-23)18(25)20-15-7-4-6-14(19)12-15/h4,6-7,12-13H,3,5,8-11H2,1-2H3,(H,20,25)/t13-/m0/s1. The molecule has 1 aliphatic rings. The molecule has 2 heterocycles. The molecule has 8 heteroatoms. The first-order valence-electron chi connectivity index (χ1n) is 8.94. The minimum atomic E-state index is -0.104. The highest BCUT2D eigenvalue weighted by Gasteiger charge is 2.25. The molecule has 26 heavy (non-hydrogen) atoms. The molecular weight excluding hydrogens is 354 g/mol. The molecule has 1 aromatic heterocycles. The van der Waals surface area contributed by atoms with Crippen LogP contribution in [0.4, 0.5) is 10.5 Å². The molecule has 1 aliphatic heterocycles. The molecular formula is C18H24ClN5O2. The quantitative estimate of drug-likeness (QED) is 0.881. The molecule has 1 fully saturated rings. The predicted octanol–water partition coefficient (Wildman–Crippen LogP) is 3.59. The summed E-state index contributed by atoms with van der Waals surface area (Å²) in [4.78, 5) is 16.6. The number of rotatable bonds is 4. The number of nitrogens with zero attached hydrogens (tertiary/aromatic N) is 4. The van der Waals surface area contributed by atoms with E-state index >= 15 is 0 Å². The Hall–Kier alpha value is -2.12. The van der Waals surface area contributed by atoms with Crippen LogP contribution in [0.15, 0.2) is 28.7 Å². The fourth-order valence-electron chi connectivity index (χ4n) is 3.03. The Morgan fingerprint density at radius 3 is 2.88 bits per heavy atom. The van der Waals surface area contributed by atoms with Crippen molar-refractivity contribution in [2.45, 2.75) is 32.7 Å². The summed E-state index contributed by atoms with van der Waals surface area (Å²) >= 11 is 5.97. The van der Waals surface area contributed by atoms with Crippen LogP contribution in [0, 0.1) is 0 Å². The van der Waals surface area contributed by atoms with Crippen molar-refractivity contribution in [3.8, 4) is 0 Å². The lowest BCUT2D eigenvalue weighted by atomic mass is 10.2. The van der Waals surface area contributed by atoms with Gasteiger partial charge in [-0.25, -0.2) is 4.79 Å². The number of aryl methyl sites for hydroxylation is 1. The van der Waals surface area contributed by atoms with Gasteiger partial charge in [-0.1, -0.05) is 24.6 Å². The summed E-state index contributed by atoms with van der Waals surface area (Å²) in [5.74, 6) is 1.29. The van der Waals surface area contributed by atoms with Gasteiger partial charge in [-0.3, -0.25) is 4.90 Å². The van der Waals surface area contributed by atoms with Crippen molar-refractivity contribution >= 4 is 23.3 Å². The predicted molar refractivity (Wildman–Crippen MR) is 100 cm³/mol. The fraction of sp³-hybridized carbons (Fsp3) is 0.500. The topological polar surface area (TPSA) is 74.5 Å². The molecule has 0 spiro atoms. The van der Waals surface area contributed by atoms with Gasteiger partial charge in [0.1, 0.15) is 0 Å². The van der Waals surface area contributed by atoms with Crippen molar-refractivity contribution < 1.29 is 9.21 Å². The second kappa shape index (κ2) is 8.51. The second-order valence-electron chi connectivity index (χ2n) is 6.38. The third kappa shape index (κ3) is 4.53. The highest BCUT2D eigenvalue weighted by molar-refractivity contribution is 6.30. The molecule has 1 saturated heterocycles. The number of carbonyl (C=O) groups excluding carboxylic acids is 1. The molecule has 1 atom stereocenters. The zero-order valence-corrected chi connectivity index (χ0v) is 15.9. The largest absolute Gasteiger partial charge is 0.424 e. The summed E-state index contributed by atoms with van der Waals surface area (Å²) in [6.45, 7) is 7.05. The number of hydrogen-bond acceptors (Lipinski definition) is 5. The minimum Gasteiger partial charge on any atom is -0.424 e. The van der Waals surface area contributed by atoms with E-state index in [1.165, 1.54) is 0 Å². The van der Waals surface area contributed by atoms with Crippen molar-refractivity contribution in [3.05, 3.63) is 41.1 Å². The lowest BCUT2D eigenvalue weighted by molar-refractivity contribution is 0.183. The van der Waals surface area contributed by atoms with Crippen molar-refractivity contribution in [3.63, 3.8) is 0 Å². The van der Waals surface area contributed by atoms with Crippen LogP contribution in [0.1, 0.15) is 38.1 Å². The average molecular weight is 378 g/mol. The van der Waals surface area contributed by atoms with Gasteiger partial charge in [0.15, 0.2) is 0 Å². The second-order valence-corrected chi connectivity index (χ2v) is 6.82. The molecule has 0 unspecified atom stereocenters. The lowest BCUT2D eigenvalue weighted by Gasteiger charge is -2.25. The van der Waals surface area contributed by atoms with Crippen molar-refractivity contribution in [1.29, 1.82) is 0 Å². The van der Waals surface area contributed by atoms with Gasteiger partial charge in [0.05, 0.1) is 6.04 Å². The summed E-state index contributed by atoms with van der Waals surface area (Å²) in [5.41, 5.74) is 0.704. The third-order valence-corrected chi connectivity index (χ3v) is 4.82. The maximum atomic E-state index is 12.5.